The predicted octanol–water partition coefficient (Wildman–Crippen LogP) is 3.23. The number of benzene rings is 1. The van der Waals surface area contributed by atoms with E-state index in [1.54, 1.807) is 0 Å². The Kier molecular flexibility index (Phi) is 4.73. The van der Waals surface area contributed by atoms with E-state index in [9.17, 15) is 0 Å². The normalized spacial score (nSPS) is 18.3. The molecule has 2 aromatic rings. The Hall–Kier alpha value is -1.88. The second kappa shape index (κ2) is 6.92. The van der Waals surface area contributed by atoms with Gasteiger partial charge in [0.2, 0.25) is 11.8 Å². The summed E-state index contributed by atoms with van der Waals surface area (Å²) in [5.74, 6) is 2.93. The van der Waals surface area contributed by atoms with Gasteiger partial charge in [-0.05, 0) is 50.9 Å². The Morgan fingerprint density at radius 3 is 2.59 bits per heavy atom. The second-order valence-electron chi connectivity index (χ2n) is 5.94. The molecule has 0 aliphatic carbocycles. The van der Waals surface area contributed by atoms with Crippen molar-refractivity contribution in [2.75, 3.05) is 19.7 Å². The maximum absolute atomic E-state index is 5.87. The quantitative estimate of drug-likeness (QED) is 0.848. The molecule has 22 heavy (non-hydrogen) atoms. The van der Waals surface area contributed by atoms with Crippen molar-refractivity contribution < 1.29 is 9.15 Å². The number of aromatic nitrogens is 2. The minimum absolute atomic E-state index is 0.192. The van der Waals surface area contributed by atoms with Crippen LogP contribution in [0.2, 0.25) is 0 Å². The summed E-state index contributed by atoms with van der Waals surface area (Å²) in [5.41, 5.74) is 0. The average molecular weight is 301 g/mol. The molecule has 0 spiro atoms. The predicted molar refractivity (Wildman–Crippen MR) is 83.7 cm³/mol. The molecule has 3 rings (SSSR count). The number of ether oxygens (including phenoxy) is 1. The molecule has 1 aromatic heterocycles. The van der Waals surface area contributed by atoms with Crippen LogP contribution in [0.1, 0.15) is 37.6 Å². The van der Waals surface area contributed by atoms with E-state index in [4.69, 9.17) is 9.15 Å². The largest absolute Gasteiger partial charge is 0.493 e. The summed E-state index contributed by atoms with van der Waals surface area (Å²) in [7, 11) is 0. The standard InChI is InChI=1S/C17H23N3O2/c1-13(17-19-18-14(2)22-17)20-10-8-15(9-11-20)12-21-16-6-4-3-5-7-16/h3-7,13,15H,8-12H2,1-2H3. The summed E-state index contributed by atoms with van der Waals surface area (Å²) in [5, 5.41) is 8.05. The third-order valence-corrected chi connectivity index (χ3v) is 4.32. The average Bonchev–Trinajstić information content (AvgIpc) is 3.00. The zero-order chi connectivity index (χ0) is 15.4. The zero-order valence-electron chi connectivity index (χ0n) is 13.2. The molecule has 0 radical (unpaired) electrons. The molecule has 118 valence electrons. The number of hydrogen-bond donors (Lipinski definition) is 0. The first-order valence-corrected chi connectivity index (χ1v) is 7.94. The summed E-state index contributed by atoms with van der Waals surface area (Å²) in [4.78, 5) is 2.41. The molecule has 1 aliphatic rings. The number of rotatable bonds is 5. The molecule has 5 nitrogen and oxygen atoms in total. The summed E-state index contributed by atoms with van der Waals surface area (Å²) in [6, 6.07) is 10.2. The fourth-order valence-corrected chi connectivity index (χ4v) is 2.87. The van der Waals surface area contributed by atoms with Gasteiger partial charge in [0.1, 0.15) is 5.75 Å². The third-order valence-electron chi connectivity index (χ3n) is 4.32. The van der Waals surface area contributed by atoms with Gasteiger partial charge in [-0.2, -0.15) is 0 Å². The van der Waals surface area contributed by atoms with Crippen molar-refractivity contribution in [1.29, 1.82) is 0 Å². The highest BCUT2D eigenvalue weighted by Crippen LogP contribution is 2.26. The van der Waals surface area contributed by atoms with Crippen LogP contribution in [0.25, 0.3) is 0 Å². The van der Waals surface area contributed by atoms with Crippen LogP contribution in [0.15, 0.2) is 34.7 Å². The van der Waals surface area contributed by atoms with Crippen LogP contribution < -0.4 is 4.74 Å². The smallest absolute Gasteiger partial charge is 0.233 e. The molecule has 1 saturated heterocycles. The SMILES string of the molecule is Cc1nnc(C(C)N2CCC(COc3ccccc3)CC2)o1. The zero-order valence-corrected chi connectivity index (χ0v) is 13.2. The molecule has 1 aromatic carbocycles. The lowest BCUT2D eigenvalue weighted by Crippen LogP contribution is -2.37. The molecule has 1 unspecified atom stereocenters. The Morgan fingerprint density at radius 1 is 1.23 bits per heavy atom. The van der Waals surface area contributed by atoms with Gasteiger partial charge in [-0.25, -0.2) is 0 Å². The van der Waals surface area contributed by atoms with Gasteiger partial charge in [-0.3, -0.25) is 4.90 Å². The molecule has 0 amide bonds. The molecular weight excluding hydrogens is 278 g/mol. The second-order valence-corrected chi connectivity index (χ2v) is 5.94. The van der Waals surface area contributed by atoms with Crippen LogP contribution in [0, 0.1) is 12.8 Å². The van der Waals surface area contributed by atoms with Crippen molar-refractivity contribution in [3.05, 3.63) is 42.1 Å². The summed E-state index contributed by atoms with van der Waals surface area (Å²) in [6.07, 6.45) is 2.29. The molecule has 0 saturated carbocycles. The summed E-state index contributed by atoms with van der Waals surface area (Å²) < 4.78 is 11.4. The lowest BCUT2D eigenvalue weighted by molar-refractivity contribution is 0.101. The van der Waals surface area contributed by atoms with Crippen LogP contribution in [-0.4, -0.2) is 34.8 Å². The molecule has 2 heterocycles. The van der Waals surface area contributed by atoms with Gasteiger partial charge >= 0.3 is 0 Å². The van der Waals surface area contributed by atoms with Crippen molar-refractivity contribution in [3.63, 3.8) is 0 Å². The van der Waals surface area contributed by atoms with Crippen LogP contribution in [-0.2, 0) is 0 Å². The first-order chi connectivity index (χ1) is 10.7. The Bertz CT molecular complexity index is 577. The van der Waals surface area contributed by atoms with Gasteiger partial charge in [0.25, 0.3) is 0 Å². The number of nitrogens with zero attached hydrogens (tertiary/aromatic N) is 3. The molecule has 1 fully saturated rings. The van der Waals surface area contributed by atoms with Crippen molar-refractivity contribution in [2.45, 2.75) is 32.7 Å². The van der Waals surface area contributed by atoms with E-state index < -0.39 is 0 Å². The van der Waals surface area contributed by atoms with Crippen molar-refractivity contribution in [3.8, 4) is 5.75 Å². The highest BCUT2D eigenvalue weighted by Gasteiger charge is 2.26. The van der Waals surface area contributed by atoms with E-state index in [-0.39, 0.29) is 6.04 Å². The Labute approximate surface area is 131 Å². The fourth-order valence-electron chi connectivity index (χ4n) is 2.87. The third kappa shape index (κ3) is 3.65. The highest BCUT2D eigenvalue weighted by atomic mass is 16.5. The van der Waals surface area contributed by atoms with E-state index in [0.29, 0.717) is 11.8 Å². The summed E-state index contributed by atoms with van der Waals surface area (Å²) in [6.45, 7) is 6.85. The van der Waals surface area contributed by atoms with Crippen molar-refractivity contribution >= 4 is 0 Å². The van der Waals surface area contributed by atoms with Gasteiger partial charge in [0.05, 0.1) is 12.6 Å². The minimum Gasteiger partial charge on any atom is -0.493 e. The maximum Gasteiger partial charge on any atom is 0.233 e. The topological polar surface area (TPSA) is 51.4 Å². The van der Waals surface area contributed by atoms with Gasteiger partial charge in [-0.1, -0.05) is 18.2 Å². The van der Waals surface area contributed by atoms with E-state index >= 15 is 0 Å². The number of para-hydroxylation sites is 1. The van der Waals surface area contributed by atoms with E-state index in [1.807, 2.05) is 37.3 Å². The van der Waals surface area contributed by atoms with Crippen molar-refractivity contribution in [1.82, 2.24) is 15.1 Å². The van der Waals surface area contributed by atoms with Crippen LogP contribution in [0.4, 0.5) is 0 Å². The first kappa shape index (κ1) is 15.0. The van der Waals surface area contributed by atoms with Gasteiger partial charge in [0, 0.05) is 6.92 Å². The maximum atomic E-state index is 5.87. The minimum atomic E-state index is 0.192. The van der Waals surface area contributed by atoms with Crippen molar-refractivity contribution in [2.24, 2.45) is 5.92 Å². The molecule has 5 heteroatoms. The molecular formula is C17H23N3O2. The van der Waals surface area contributed by atoms with Gasteiger partial charge < -0.3 is 9.15 Å². The lowest BCUT2D eigenvalue weighted by Gasteiger charge is -2.34. The fraction of sp³-hybridized carbons (Fsp3) is 0.529. The number of aryl methyl sites for hydroxylation is 1. The van der Waals surface area contributed by atoms with Crippen LogP contribution in [0.3, 0.4) is 0 Å². The summed E-state index contributed by atoms with van der Waals surface area (Å²) >= 11 is 0. The Morgan fingerprint density at radius 2 is 1.95 bits per heavy atom. The molecule has 0 N–H and O–H groups in total. The Balaban J connectivity index is 1.46. The number of likely N-dealkylation sites (tertiary alicyclic amines) is 1. The molecule has 0 bridgehead atoms. The molecule has 1 aliphatic heterocycles. The lowest BCUT2D eigenvalue weighted by atomic mass is 9.97. The van der Waals surface area contributed by atoms with Crippen LogP contribution in [0.5, 0.6) is 5.75 Å². The van der Waals surface area contributed by atoms with Gasteiger partial charge in [0.15, 0.2) is 0 Å². The highest BCUT2D eigenvalue weighted by molar-refractivity contribution is 5.20. The van der Waals surface area contributed by atoms with Gasteiger partial charge in [-0.15, -0.1) is 10.2 Å². The molecule has 1 atom stereocenters. The van der Waals surface area contributed by atoms with E-state index in [1.165, 1.54) is 0 Å². The number of piperidine rings is 1. The monoisotopic (exact) mass is 301 g/mol. The van der Waals surface area contributed by atoms with E-state index in [2.05, 4.69) is 22.0 Å². The number of hydrogen-bond acceptors (Lipinski definition) is 5. The van der Waals surface area contributed by atoms with Crippen LogP contribution >= 0.6 is 0 Å². The first-order valence-electron chi connectivity index (χ1n) is 7.94. The van der Waals surface area contributed by atoms with E-state index in [0.717, 1.165) is 44.2 Å².